The van der Waals surface area contributed by atoms with Crippen molar-refractivity contribution in [2.45, 2.75) is 12.8 Å². The number of para-hydroxylation sites is 1. The third-order valence-corrected chi connectivity index (χ3v) is 3.76. The molecule has 0 unspecified atom stereocenters. The van der Waals surface area contributed by atoms with E-state index in [4.69, 9.17) is 9.15 Å². The van der Waals surface area contributed by atoms with E-state index < -0.39 is 5.76 Å². The maximum Gasteiger partial charge on any atom is 0.417 e. The lowest BCUT2D eigenvalue weighted by atomic mass is 10.1. The summed E-state index contributed by atoms with van der Waals surface area (Å²) < 4.78 is 10.3. The minimum atomic E-state index is -0.465. The molecule has 2 aromatic carbocycles. The van der Waals surface area contributed by atoms with Crippen LogP contribution in [0.4, 0.5) is 0 Å². The van der Waals surface area contributed by atoms with E-state index in [0.717, 1.165) is 11.1 Å². The molecule has 0 spiro atoms. The molecule has 0 aliphatic carbocycles. The van der Waals surface area contributed by atoms with Gasteiger partial charge in [-0.1, -0.05) is 24.3 Å². The Bertz CT molecular complexity index is 911. The lowest BCUT2D eigenvalue weighted by molar-refractivity contribution is -0.120. The fourth-order valence-corrected chi connectivity index (χ4v) is 2.58. The number of ether oxygens (including phenoxy) is 1. The fourth-order valence-electron chi connectivity index (χ4n) is 2.58. The molecule has 0 aliphatic heterocycles. The lowest BCUT2D eigenvalue weighted by Crippen LogP contribution is -2.27. The molecule has 0 saturated carbocycles. The highest BCUT2D eigenvalue weighted by molar-refractivity contribution is 5.79. The number of oxazole rings is 1. The van der Waals surface area contributed by atoms with Gasteiger partial charge in [-0.3, -0.25) is 9.78 Å². The number of benzene rings is 2. The van der Waals surface area contributed by atoms with Crippen molar-refractivity contribution in [1.82, 2.24) is 10.3 Å². The number of methoxy groups -OCH3 is 1. The van der Waals surface area contributed by atoms with Crippen LogP contribution in [0.25, 0.3) is 11.1 Å². The summed E-state index contributed by atoms with van der Waals surface area (Å²) >= 11 is 0. The molecule has 124 valence electrons. The van der Waals surface area contributed by atoms with Crippen LogP contribution in [0.3, 0.4) is 0 Å². The first-order valence-electron chi connectivity index (χ1n) is 7.66. The standard InChI is InChI=1S/C18H18N2O4/c1-23-15-5-3-2-4-13(15)11-17(21)19-9-8-12-6-7-14-16(10-12)24-18(22)20-14/h2-7,10H,8-9,11H2,1H3,(H,19,21)(H,20,22). The van der Waals surface area contributed by atoms with Crippen LogP contribution < -0.4 is 15.8 Å². The number of hydrogen-bond donors (Lipinski definition) is 2. The van der Waals surface area contributed by atoms with Gasteiger partial charge in [-0.05, 0) is 30.2 Å². The number of nitrogens with one attached hydrogen (secondary N) is 2. The zero-order chi connectivity index (χ0) is 16.9. The van der Waals surface area contributed by atoms with Crippen molar-refractivity contribution < 1.29 is 13.9 Å². The largest absolute Gasteiger partial charge is 0.496 e. The van der Waals surface area contributed by atoms with Crippen LogP contribution in [0.1, 0.15) is 11.1 Å². The van der Waals surface area contributed by atoms with Crippen molar-refractivity contribution in [2.75, 3.05) is 13.7 Å². The van der Waals surface area contributed by atoms with Gasteiger partial charge in [-0.15, -0.1) is 0 Å². The van der Waals surface area contributed by atoms with E-state index in [1.54, 1.807) is 19.2 Å². The second-order valence-corrected chi connectivity index (χ2v) is 5.43. The number of rotatable bonds is 6. The van der Waals surface area contributed by atoms with Gasteiger partial charge >= 0.3 is 5.76 Å². The van der Waals surface area contributed by atoms with Crippen LogP contribution in [0.2, 0.25) is 0 Å². The number of H-pyrrole nitrogens is 1. The number of hydrogen-bond acceptors (Lipinski definition) is 4. The van der Waals surface area contributed by atoms with Gasteiger partial charge in [-0.25, -0.2) is 4.79 Å². The van der Waals surface area contributed by atoms with Crippen molar-refractivity contribution in [3.8, 4) is 5.75 Å². The predicted octanol–water partition coefficient (Wildman–Crippen LogP) is 2.03. The number of fused-ring (bicyclic) bond motifs is 1. The maximum absolute atomic E-state index is 12.1. The minimum Gasteiger partial charge on any atom is -0.496 e. The second kappa shape index (κ2) is 7.04. The Balaban J connectivity index is 1.55. The molecule has 0 aliphatic rings. The maximum atomic E-state index is 12.1. The predicted molar refractivity (Wildman–Crippen MR) is 90.2 cm³/mol. The Morgan fingerprint density at radius 2 is 2.08 bits per heavy atom. The van der Waals surface area contributed by atoms with Gasteiger partial charge in [0.15, 0.2) is 5.58 Å². The van der Waals surface area contributed by atoms with Crippen molar-refractivity contribution in [2.24, 2.45) is 0 Å². The van der Waals surface area contributed by atoms with E-state index in [1.165, 1.54) is 0 Å². The van der Waals surface area contributed by atoms with Crippen molar-refractivity contribution in [3.63, 3.8) is 0 Å². The van der Waals surface area contributed by atoms with Crippen LogP contribution in [-0.4, -0.2) is 24.5 Å². The Morgan fingerprint density at radius 1 is 1.25 bits per heavy atom. The monoisotopic (exact) mass is 326 g/mol. The van der Waals surface area contributed by atoms with E-state index in [1.807, 2.05) is 30.3 Å². The minimum absolute atomic E-state index is 0.0613. The summed E-state index contributed by atoms with van der Waals surface area (Å²) in [5.74, 6) is 0.182. The Hall–Kier alpha value is -3.02. The molecule has 0 atom stereocenters. The molecule has 0 bridgehead atoms. The molecule has 2 N–H and O–H groups in total. The summed E-state index contributed by atoms with van der Waals surface area (Å²) in [7, 11) is 1.59. The Morgan fingerprint density at radius 3 is 2.92 bits per heavy atom. The summed E-state index contributed by atoms with van der Waals surface area (Å²) in [5.41, 5.74) is 3.04. The summed E-state index contributed by atoms with van der Waals surface area (Å²) in [6, 6.07) is 13.0. The molecule has 24 heavy (non-hydrogen) atoms. The van der Waals surface area contributed by atoms with E-state index >= 15 is 0 Å². The Kier molecular flexibility index (Phi) is 4.65. The van der Waals surface area contributed by atoms with Crippen LogP contribution in [0.5, 0.6) is 5.75 Å². The first-order valence-corrected chi connectivity index (χ1v) is 7.66. The zero-order valence-corrected chi connectivity index (χ0v) is 13.3. The number of carbonyl (C=O) groups is 1. The topological polar surface area (TPSA) is 84.3 Å². The van der Waals surface area contributed by atoms with E-state index in [9.17, 15) is 9.59 Å². The average Bonchev–Trinajstić information content (AvgIpc) is 2.94. The number of amides is 1. The molecule has 3 aromatic rings. The normalized spacial score (nSPS) is 10.7. The quantitative estimate of drug-likeness (QED) is 0.726. The smallest absolute Gasteiger partial charge is 0.417 e. The molecule has 6 nitrogen and oxygen atoms in total. The van der Waals surface area contributed by atoms with Crippen molar-refractivity contribution in [3.05, 3.63) is 64.1 Å². The third kappa shape index (κ3) is 3.65. The van der Waals surface area contributed by atoms with E-state index in [-0.39, 0.29) is 12.3 Å². The summed E-state index contributed by atoms with van der Waals surface area (Å²) in [4.78, 5) is 25.8. The average molecular weight is 326 g/mol. The highest BCUT2D eigenvalue weighted by atomic mass is 16.5. The van der Waals surface area contributed by atoms with Gasteiger partial charge in [0, 0.05) is 12.1 Å². The highest BCUT2D eigenvalue weighted by Gasteiger charge is 2.08. The van der Waals surface area contributed by atoms with Gasteiger partial charge in [0.05, 0.1) is 19.0 Å². The first-order chi connectivity index (χ1) is 11.7. The first kappa shape index (κ1) is 15.9. The van der Waals surface area contributed by atoms with Crippen LogP contribution in [-0.2, 0) is 17.6 Å². The molecule has 1 aromatic heterocycles. The van der Waals surface area contributed by atoms with Crippen LogP contribution >= 0.6 is 0 Å². The molecule has 0 radical (unpaired) electrons. The summed E-state index contributed by atoms with van der Waals surface area (Å²) in [6.45, 7) is 0.508. The molecule has 0 fully saturated rings. The Labute approximate surface area is 138 Å². The van der Waals surface area contributed by atoms with Crippen LogP contribution in [0, 0.1) is 0 Å². The second-order valence-electron chi connectivity index (χ2n) is 5.43. The van der Waals surface area contributed by atoms with E-state index in [2.05, 4.69) is 10.3 Å². The molecular formula is C18H18N2O4. The number of carbonyl (C=O) groups excluding carboxylic acids is 1. The van der Waals surface area contributed by atoms with Gasteiger partial charge < -0.3 is 14.5 Å². The SMILES string of the molecule is COc1ccccc1CC(=O)NCCc1ccc2[nH]c(=O)oc2c1. The third-order valence-electron chi connectivity index (χ3n) is 3.76. The summed E-state index contributed by atoms with van der Waals surface area (Å²) in [5, 5.41) is 2.89. The molecular weight excluding hydrogens is 308 g/mol. The fraction of sp³-hybridized carbons (Fsp3) is 0.222. The van der Waals surface area contributed by atoms with E-state index in [0.29, 0.717) is 29.8 Å². The molecule has 1 amide bonds. The molecule has 0 saturated heterocycles. The van der Waals surface area contributed by atoms with Gasteiger partial charge in [0.1, 0.15) is 5.75 Å². The number of aromatic amines is 1. The summed E-state index contributed by atoms with van der Waals surface area (Å²) in [6.07, 6.45) is 0.929. The molecule has 1 heterocycles. The lowest BCUT2D eigenvalue weighted by Gasteiger charge is -2.09. The van der Waals surface area contributed by atoms with Crippen molar-refractivity contribution in [1.29, 1.82) is 0 Å². The van der Waals surface area contributed by atoms with Gasteiger partial charge in [0.2, 0.25) is 5.91 Å². The highest BCUT2D eigenvalue weighted by Crippen LogP contribution is 2.17. The van der Waals surface area contributed by atoms with Crippen LogP contribution in [0.15, 0.2) is 51.7 Å². The number of aromatic nitrogens is 1. The molecule has 6 heteroatoms. The molecule has 3 rings (SSSR count). The zero-order valence-electron chi connectivity index (χ0n) is 13.3. The van der Waals surface area contributed by atoms with Gasteiger partial charge in [-0.2, -0.15) is 0 Å². The van der Waals surface area contributed by atoms with Crippen molar-refractivity contribution >= 4 is 17.0 Å². The van der Waals surface area contributed by atoms with Gasteiger partial charge in [0.25, 0.3) is 0 Å².